The van der Waals surface area contributed by atoms with Crippen LogP contribution in [0.2, 0.25) is 0 Å². The van der Waals surface area contributed by atoms with E-state index in [1.54, 1.807) is 0 Å². The van der Waals surface area contributed by atoms with Gasteiger partial charge < -0.3 is 15.7 Å². The number of rotatable bonds is 2. The summed E-state index contributed by atoms with van der Waals surface area (Å²) in [5.74, 6) is 0.524. The fourth-order valence-corrected chi connectivity index (χ4v) is 3.09. The molecule has 3 atom stereocenters. The number of nitrogens with two attached hydrogens (primary N) is 1. The molecule has 3 unspecified atom stereocenters. The molecule has 2 rings (SSSR count). The summed E-state index contributed by atoms with van der Waals surface area (Å²) in [4.78, 5) is 2.59. The smallest absolute Gasteiger partial charge is 0.0541 e. The summed E-state index contributed by atoms with van der Waals surface area (Å²) in [5, 5.41) is 9.53. The van der Waals surface area contributed by atoms with Gasteiger partial charge in [0.15, 0.2) is 0 Å². The Balaban J connectivity index is 1.78. The Bertz CT molecular complexity index is 200. The van der Waals surface area contributed by atoms with Gasteiger partial charge in [-0.05, 0) is 58.0 Å². The Hall–Kier alpha value is -0.120. The Labute approximate surface area is 92.6 Å². The topological polar surface area (TPSA) is 49.5 Å². The molecular formula is C12H24N2O. The molecule has 3 heteroatoms. The molecule has 0 radical (unpaired) electrons. The summed E-state index contributed by atoms with van der Waals surface area (Å²) in [5.41, 5.74) is 5.94. The molecule has 2 aliphatic rings. The molecule has 0 aromatic rings. The van der Waals surface area contributed by atoms with E-state index in [4.69, 9.17) is 5.73 Å². The number of likely N-dealkylation sites (tertiary alicyclic amines) is 1. The maximum absolute atomic E-state index is 9.53. The Kier molecular flexibility index (Phi) is 3.65. The molecule has 1 heterocycles. The summed E-state index contributed by atoms with van der Waals surface area (Å²) in [6, 6.07) is 1.17. The molecule has 2 fully saturated rings. The van der Waals surface area contributed by atoms with Crippen molar-refractivity contribution in [1.82, 2.24) is 4.90 Å². The van der Waals surface area contributed by atoms with Crippen molar-refractivity contribution in [3.05, 3.63) is 0 Å². The van der Waals surface area contributed by atoms with Crippen LogP contribution < -0.4 is 5.73 Å². The van der Waals surface area contributed by atoms with Gasteiger partial charge in [-0.25, -0.2) is 0 Å². The standard InChI is InChI=1S/C12H24N2O/c1-9(15)10-4-6-14(7-5-10)12-3-2-11(13)8-12/h9-12,15H,2-8,13H2,1H3. The molecule has 1 saturated heterocycles. The number of hydrogen-bond acceptors (Lipinski definition) is 3. The van der Waals surface area contributed by atoms with E-state index >= 15 is 0 Å². The molecule has 3 N–H and O–H groups in total. The van der Waals surface area contributed by atoms with Crippen LogP contribution in [0.25, 0.3) is 0 Å². The van der Waals surface area contributed by atoms with Crippen molar-refractivity contribution in [1.29, 1.82) is 0 Å². The molecule has 0 aromatic heterocycles. The zero-order chi connectivity index (χ0) is 10.8. The van der Waals surface area contributed by atoms with E-state index in [0.29, 0.717) is 12.0 Å². The first-order chi connectivity index (χ1) is 7.16. The lowest BCUT2D eigenvalue weighted by molar-refractivity contribution is 0.0565. The maximum atomic E-state index is 9.53. The minimum atomic E-state index is -0.127. The highest BCUT2D eigenvalue weighted by Gasteiger charge is 2.30. The molecule has 1 aliphatic heterocycles. The van der Waals surface area contributed by atoms with Crippen LogP contribution in [0.5, 0.6) is 0 Å². The number of nitrogens with zero attached hydrogens (tertiary/aromatic N) is 1. The second kappa shape index (κ2) is 4.81. The summed E-state index contributed by atoms with van der Waals surface area (Å²) >= 11 is 0. The Morgan fingerprint density at radius 3 is 2.33 bits per heavy atom. The lowest BCUT2D eigenvalue weighted by Gasteiger charge is -2.37. The van der Waals surface area contributed by atoms with Gasteiger partial charge >= 0.3 is 0 Å². The molecule has 1 aliphatic carbocycles. The molecule has 88 valence electrons. The quantitative estimate of drug-likeness (QED) is 0.717. The van der Waals surface area contributed by atoms with Crippen molar-refractivity contribution in [2.75, 3.05) is 13.1 Å². The zero-order valence-electron chi connectivity index (χ0n) is 9.73. The predicted octanol–water partition coefficient (Wildman–Crippen LogP) is 0.959. The third-order valence-electron chi connectivity index (χ3n) is 4.22. The molecule has 0 bridgehead atoms. The third-order valence-corrected chi connectivity index (χ3v) is 4.22. The highest BCUT2D eigenvalue weighted by atomic mass is 16.3. The highest BCUT2D eigenvalue weighted by molar-refractivity contribution is 4.87. The largest absolute Gasteiger partial charge is 0.393 e. The third kappa shape index (κ3) is 2.71. The summed E-state index contributed by atoms with van der Waals surface area (Å²) in [6.45, 7) is 4.24. The monoisotopic (exact) mass is 212 g/mol. The fraction of sp³-hybridized carbons (Fsp3) is 1.00. The summed E-state index contributed by atoms with van der Waals surface area (Å²) in [6.07, 6.45) is 5.84. The summed E-state index contributed by atoms with van der Waals surface area (Å²) in [7, 11) is 0. The van der Waals surface area contributed by atoms with Gasteiger partial charge in [0.25, 0.3) is 0 Å². The van der Waals surface area contributed by atoms with Crippen LogP contribution in [0.1, 0.15) is 39.0 Å². The first-order valence-electron chi connectivity index (χ1n) is 6.34. The predicted molar refractivity (Wildman–Crippen MR) is 61.6 cm³/mol. The second-order valence-electron chi connectivity index (χ2n) is 5.34. The molecule has 15 heavy (non-hydrogen) atoms. The number of aliphatic hydroxyl groups is 1. The lowest BCUT2D eigenvalue weighted by Crippen LogP contribution is -2.42. The van der Waals surface area contributed by atoms with Crippen LogP contribution in [0.15, 0.2) is 0 Å². The van der Waals surface area contributed by atoms with Gasteiger partial charge in [0, 0.05) is 12.1 Å². The minimum Gasteiger partial charge on any atom is -0.393 e. The van der Waals surface area contributed by atoms with E-state index in [0.717, 1.165) is 32.0 Å². The van der Waals surface area contributed by atoms with E-state index < -0.39 is 0 Å². The molecular weight excluding hydrogens is 188 g/mol. The lowest BCUT2D eigenvalue weighted by atomic mass is 9.91. The van der Waals surface area contributed by atoms with Gasteiger partial charge in [-0.3, -0.25) is 0 Å². The van der Waals surface area contributed by atoms with Gasteiger partial charge in [0.1, 0.15) is 0 Å². The van der Waals surface area contributed by atoms with Crippen molar-refractivity contribution in [3.63, 3.8) is 0 Å². The van der Waals surface area contributed by atoms with Gasteiger partial charge in [-0.2, -0.15) is 0 Å². The molecule has 1 saturated carbocycles. The number of aliphatic hydroxyl groups excluding tert-OH is 1. The van der Waals surface area contributed by atoms with Crippen LogP contribution in [0, 0.1) is 5.92 Å². The first kappa shape index (κ1) is 11.4. The van der Waals surface area contributed by atoms with Gasteiger partial charge in [0.2, 0.25) is 0 Å². The van der Waals surface area contributed by atoms with Gasteiger partial charge in [0.05, 0.1) is 6.10 Å². The molecule has 0 aromatic carbocycles. The highest BCUT2D eigenvalue weighted by Crippen LogP contribution is 2.28. The van der Waals surface area contributed by atoms with Crippen LogP contribution >= 0.6 is 0 Å². The zero-order valence-corrected chi connectivity index (χ0v) is 9.73. The van der Waals surface area contributed by atoms with Gasteiger partial charge in [-0.1, -0.05) is 0 Å². The average Bonchev–Trinajstić information content (AvgIpc) is 2.65. The van der Waals surface area contributed by atoms with Crippen LogP contribution in [-0.4, -0.2) is 41.3 Å². The maximum Gasteiger partial charge on any atom is 0.0541 e. The molecule has 0 spiro atoms. The van der Waals surface area contributed by atoms with Crippen LogP contribution in [-0.2, 0) is 0 Å². The summed E-state index contributed by atoms with van der Waals surface area (Å²) < 4.78 is 0. The van der Waals surface area contributed by atoms with Crippen LogP contribution in [0.3, 0.4) is 0 Å². The average molecular weight is 212 g/mol. The minimum absolute atomic E-state index is 0.127. The SMILES string of the molecule is CC(O)C1CCN(C2CCC(N)C2)CC1. The Morgan fingerprint density at radius 1 is 1.20 bits per heavy atom. The fourth-order valence-electron chi connectivity index (χ4n) is 3.09. The van der Waals surface area contributed by atoms with E-state index in [-0.39, 0.29) is 6.10 Å². The van der Waals surface area contributed by atoms with Crippen molar-refractivity contribution < 1.29 is 5.11 Å². The molecule has 0 amide bonds. The normalized spacial score (nSPS) is 37.0. The van der Waals surface area contributed by atoms with Crippen molar-refractivity contribution in [3.8, 4) is 0 Å². The van der Waals surface area contributed by atoms with Crippen LogP contribution in [0.4, 0.5) is 0 Å². The van der Waals surface area contributed by atoms with E-state index in [1.165, 1.54) is 19.3 Å². The van der Waals surface area contributed by atoms with E-state index in [2.05, 4.69) is 4.90 Å². The number of hydrogen-bond donors (Lipinski definition) is 2. The van der Waals surface area contributed by atoms with Gasteiger partial charge in [-0.15, -0.1) is 0 Å². The van der Waals surface area contributed by atoms with E-state index in [1.807, 2.05) is 6.92 Å². The van der Waals surface area contributed by atoms with Crippen molar-refractivity contribution >= 4 is 0 Å². The van der Waals surface area contributed by atoms with Crippen molar-refractivity contribution in [2.45, 2.75) is 57.2 Å². The first-order valence-corrected chi connectivity index (χ1v) is 6.34. The molecule has 3 nitrogen and oxygen atoms in total. The second-order valence-corrected chi connectivity index (χ2v) is 5.34. The number of piperidine rings is 1. The van der Waals surface area contributed by atoms with Crippen molar-refractivity contribution in [2.24, 2.45) is 11.7 Å². The Morgan fingerprint density at radius 2 is 1.87 bits per heavy atom. The van der Waals surface area contributed by atoms with E-state index in [9.17, 15) is 5.11 Å².